The van der Waals surface area contributed by atoms with Gasteiger partial charge in [0.15, 0.2) is 0 Å². The summed E-state index contributed by atoms with van der Waals surface area (Å²) in [6.07, 6.45) is 0.336. The lowest BCUT2D eigenvalue weighted by Crippen LogP contribution is -2.40. The van der Waals surface area contributed by atoms with E-state index < -0.39 is 11.9 Å². The van der Waals surface area contributed by atoms with Gasteiger partial charge in [0.1, 0.15) is 11.5 Å². The van der Waals surface area contributed by atoms with Crippen molar-refractivity contribution in [2.75, 3.05) is 0 Å². The number of nitrogens with one attached hydrogen (secondary N) is 1. The molecular weight excluding hydrogens is 304 g/mol. The van der Waals surface area contributed by atoms with Crippen molar-refractivity contribution >= 4 is 16.7 Å². The molecule has 24 heavy (non-hydrogen) atoms. The van der Waals surface area contributed by atoms with Crippen molar-refractivity contribution in [2.45, 2.75) is 12.5 Å². The van der Waals surface area contributed by atoms with Crippen LogP contribution < -0.4 is 16.0 Å². The van der Waals surface area contributed by atoms with Gasteiger partial charge in [0, 0.05) is 0 Å². The van der Waals surface area contributed by atoms with Crippen molar-refractivity contribution in [3.63, 3.8) is 0 Å². The van der Waals surface area contributed by atoms with E-state index in [0.717, 1.165) is 22.1 Å². The normalized spacial score (nSPS) is 11.9. The average Bonchev–Trinajstić information content (AvgIpc) is 2.62. The number of rotatable bonds is 5. The fourth-order valence-corrected chi connectivity index (χ4v) is 2.49. The summed E-state index contributed by atoms with van der Waals surface area (Å²) in [5.74, 6) is 0.860. The van der Waals surface area contributed by atoms with Crippen LogP contribution in [0.3, 0.4) is 0 Å². The standard InChI is InChI=1S/C19H18N2O3/c20-18(19(22)21-23)11-13-5-8-16(9-6-13)24-17-10-7-14-3-1-2-4-15(14)12-17/h1-10,12,18,23H,11,20H2,(H,21,22)/t18-/m0/s1. The van der Waals surface area contributed by atoms with Crippen LogP contribution in [0.2, 0.25) is 0 Å². The first-order chi connectivity index (χ1) is 11.7. The lowest BCUT2D eigenvalue weighted by atomic mass is 10.1. The lowest BCUT2D eigenvalue weighted by molar-refractivity contribution is -0.130. The molecule has 0 aliphatic heterocycles. The molecule has 0 unspecified atom stereocenters. The van der Waals surface area contributed by atoms with Crippen LogP contribution in [0.25, 0.3) is 10.8 Å². The van der Waals surface area contributed by atoms with E-state index >= 15 is 0 Å². The number of benzene rings is 3. The number of carbonyl (C=O) groups is 1. The second-order valence-corrected chi connectivity index (χ2v) is 5.54. The summed E-state index contributed by atoms with van der Waals surface area (Å²) in [7, 11) is 0. The molecule has 0 saturated carbocycles. The number of amides is 1. The van der Waals surface area contributed by atoms with Crippen molar-refractivity contribution in [3.8, 4) is 11.5 Å². The number of hydroxylamine groups is 1. The van der Waals surface area contributed by atoms with E-state index in [9.17, 15) is 4.79 Å². The van der Waals surface area contributed by atoms with Crippen LogP contribution >= 0.6 is 0 Å². The van der Waals surface area contributed by atoms with Gasteiger partial charge in [-0.15, -0.1) is 0 Å². The van der Waals surface area contributed by atoms with Crippen LogP contribution in [-0.4, -0.2) is 17.2 Å². The second kappa shape index (κ2) is 7.12. The van der Waals surface area contributed by atoms with E-state index in [1.54, 1.807) is 5.48 Å². The molecule has 0 aliphatic rings. The molecular formula is C19H18N2O3. The first kappa shape index (κ1) is 16.0. The molecule has 0 aromatic heterocycles. The molecule has 0 spiro atoms. The summed E-state index contributed by atoms with van der Waals surface area (Å²) in [4.78, 5) is 11.2. The Hall–Kier alpha value is -2.89. The van der Waals surface area contributed by atoms with E-state index in [-0.39, 0.29) is 0 Å². The fraction of sp³-hybridized carbons (Fsp3) is 0.105. The summed E-state index contributed by atoms with van der Waals surface area (Å²) in [6, 6.07) is 20.6. The second-order valence-electron chi connectivity index (χ2n) is 5.54. The summed E-state index contributed by atoms with van der Waals surface area (Å²) in [5.41, 5.74) is 8.11. The highest BCUT2D eigenvalue weighted by Gasteiger charge is 2.12. The molecule has 0 radical (unpaired) electrons. The number of fused-ring (bicyclic) bond motifs is 1. The molecule has 3 aromatic carbocycles. The van der Waals surface area contributed by atoms with Gasteiger partial charge in [-0.1, -0.05) is 42.5 Å². The average molecular weight is 322 g/mol. The minimum atomic E-state index is -0.790. The van der Waals surface area contributed by atoms with Gasteiger partial charge in [-0.25, -0.2) is 5.48 Å². The molecule has 0 heterocycles. The third-order valence-corrected chi connectivity index (χ3v) is 3.78. The number of nitrogens with two attached hydrogens (primary N) is 1. The molecule has 122 valence electrons. The zero-order valence-electron chi connectivity index (χ0n) is 13.0. The van der Waals surface area contributed by atoms with E-state index in [2.05, 4.69) is 6.07 Å². The van der Waals surface area contributed by atoms with Crippen molar-refractivity contribution in [1.29, 1.82) is 0 Å². The van der Waals surface area contributed by atoms with Crippen LogP contribution in [0.5, 0.6) is 11.5 Å². The highest BCUT2D eigenvalue weighted by molar-refractivity contribution is 5.83. The first-order valence-electron chi connectivity index (χ1n) is 7.61. The quantitative estimate of drug-likeness (QED) is 0.498. The number of hydrogen-bond donors (Lipinski definition) is 3. The molecule has 5 heteroatoms. The first-order valence-corrected chi connectivity index (χ1v) is 7.61. The molecule has 0 bridgehead atoms. The highest BCUT2D eigenvalue weighted by Crippen LogP contribution is 2.26. The maximum atomic E-state index is 11.2. The largest absolute Gasteiger partial charge is 0.457 e. The van der Waals surface area contributed by atoms with Crippen molar-refractivity contribution in [3.05, 3.63) is 72.3 Å². The summed E-state index contributed by atoms with van der Waals surface area (Å²) < 4.78 is 5.86. The van der Waals surface area contributed by atoms with Gasteiger partial charge in [-0.2, -0.15) is 0 Å². The molecule has 0 fully saturated rings. The Morgan fingerprint density at radius 3 is 2.38 bits per heavy atom. The van der Waals surface area contributed by atoms with E-state index in [1.807, 2.05) is 60.7 Å². The molecule has 0 saturated heterocycles. The maximum Gasteiger partial charge on any atom is 0.260 e. The fourth-order valence-electron chi connectivity index (χ4n) is 2.49. The predicted octanol–water partition coefficient (Wildman–Crippen LogP) is 3.01. The SMILES string of the molecule is N[C@@H](Cc1ccc(Oc2ccc3ccccc3c2)cc1)C(=O)NO. The van der Waals surface area contributed by atoms with E-state index in [1.165, 1.54) is 0 Å². The van der Waals surface area contributed by atoms with E-state index in [0.29, 0.717) is 12.2 Å². The number of carbonyl (C=O) groups excluding carboxylic acids is 1. The Bertz CT molecular complexity index is 847. The molecule has 5 nitrogen and oxygen atoms in total. The van der Waals surface area contributed by atoms with Gasteiger partial charge < -0.3 is 10.5 Å². The minimum Gasteiger partial charge on any atom is -0.457 e. The van der Waals surface area contributed by atoms with Gasteiger partial charge in [0.2, 0.25) is 0 Å². The smallest absolute Gasteiger partial charge is 0.260 e. The Morgan fingerprint density at radius 1 is 1.00 bits per heavy atom. The predicted molar refractivity (Wildman–Crippen MR) is 92.1 cm³/mol. The Balaban J connectivity index is 1.70. The molecule has 4 N–H and O–H groups in total. The maximum absolute atomic E-state index is 11.2. The molecule has 0 aliphatic carbocycles. The van der Waals surface area contributed by atoms with Gasteiger partial charge in [-0.05, 0) is 47.0 Å². The Morgan fingerprint density at radius 2 is 1.67 bits per heavy atom. The summed E-state index contributed by atoms with van der Waals surface area (Å²) in [5, 5.41) is 10.8. The zero-order chi connectivity index (χ0) is 16.9. The third-order valence-electron chi connectivity index (χ3n) is 3.78. The summed E-state index contributed by atoms with van der Waals surface area (Å²) in [6.45, 7) is 0. The molecule has 1 amide bonds. The van der Waals surface area contributed by atoms with Crippen LogP contribution in [0.1, 0.15) is 5.56 Å². The number of ether oxygens (including phenoxy) is 1. The van der Waals surface area contributed by atoms with Crippen LogP contribution in [-0.2, 0) is 11.2 Å². The molecule has 3 aromatic rings. The van der Waals surface area contributed by atoms with Crippen LogP contribution in [0.4, 0.5) is 0 Å². The third kappa shape index (κ3) is 3.71. The van der Waals surface area contributed by atoms with Crippen molar-refractivity contribution < 1.29 is 14.7 Å². The molecule has 1 atom stereocenters. The number of hydrogen-bond acceptors (Lipinski definition) is 4. The van der Waals surface area contributed by atoms with E-state index in [4.69, 9.17) is 15.7 Å². The Kier molecular flexibility index (Phi) is 4.74. The zero-order valence-corrected chi connectivity index (χ0v) is 13.0. The topological polar surface area (TPSA) is 84.6 Å². The minimum absolute atomic E-state index is 0.336. The monoisotopic (exact) mass is 322 g/mol. The summed E-state index contributed by atoms with van der Waals surface area (Å²) >= 11 is 0. The molecule has 3 rings (SSSR count). The van der Waals surface area contributed by atoms with Crippen molar-refractivity contribution in [2.24, 2.45) is 5.73 Å². The van der Waals surface area contributed by atoms with Gasteiger partial charge >= 0.3 is 0 Å². The van der Waals surface area contributed by atoms with Crippen LogP contribution in [0, 0.1) is 0 Å². The van der Waals surface area contributed by atoms with Gasteiger partial charge in [0.25, 0.3) is 5.91 Å². The van der Waals surface area contributed by atoms with Crippen LogP contribution in [0.15, 0.2) is 66.7 Å². The van der Waals surface area contributed by atoms with Gasteiger partial charge in [0.05, 0.1) is 6.04 Å². The Labute approximate surface area is 139 Å². The van der Waals surface area contributed by atoms with Crippen molar-refractivity contribution in [1.82, 2.24) is 5.48 Å². The van der Waals surface area contributed by atoms with Gasteiger partial charge in [-0.3, -0.25) is 10.0 Å². The highest BCUT2D eigenvalue weighted by atomic mass is 16.5. The lowest BCUT2D eigenvalue weighted by Gasteiger charge is -2.10.